The fourth-order valence-corrected chi connectivity index (χ4v) is 7.95. The van der Waals surface area contributed by atoms with Gasteiger partial charge in [0.2, 0.25) is 5.91 Å². The molecule has 2 aromatic rings. The Labute approximate surface area is 320 Å². The Kier molecular flexibility index (Phi) is 17.1. The van der Waals surface area contributed by atoms with E-state index < -0.39 is 6.10 Å². The first kappa shape index (κ1) is 41.9. The van der Waals surface area contributed by atoms with Crippen molar-refractivity contribution in [1.82, 2.24) is 9.21 Å². The molecule has 288 valence electrons. The molecule has 1 saturated carbocycles. The van der Waals surface area contributed by atoms with E-state index in [1.54, 1.807) is 18.9 Å². The van der Waals surface area contributed by atoms with Gasteiger partial charge in [-0.1, -0.05) is 49.2 Å². The number of methoxy groups -OCH3 is 1. The summed E-state index contributed by atoms with van der Waals surface area (Å²) in [6.07, 6.45) is 10.9. The van der Waals surface area contributed by atoms with Crippen LogP contribution in [0.1, 0.15) is 88.0 Å². The highest BCUT2D eigenvalue weighted by Gasteiger charge is 2.38. The number of hydrogen-bond acceptors (Lipinski definition) is 10. The van der Waals surface area contributed by atoms with Gasteiger partial charge >= 0.3 is 0 Å². The molecule has 5 atom stereocenters. The van der Waals surface area contributed by atoms with Crippen LogP contribution < -0.4 is 14.8 Å². The monoisotopic (exact) mass is 758 g/mol. The van der Waals surface area contributed by atoms with Gasteiger partial charge in [0.1, 0.15) is 11.9 Å². The number of hydrogen-bond donors (Lipinski definition) is 2. The van der Waals surface area contributed by atoms with E-state index in [0.717, 1.165) is 93.1 Å². The second-order valence-corrected chi connectivity index (χ2v) is 15.4. The number of nitrogens with two attached hydrogens (primary N) is 1. The van der Waals surface area contributed by atoms with Crippen molar-refractivity contribution in [1.29, 1.82) is 0 Å². The zero-order valence-corrected chi connectivity index (χ0v) is 33.1. The van der Waals surface area contributed by atoms with Crippen molar-refractivity contribution in [3.05, 3.63) is 70.3 Å². The van der Waals surface area contributed by atoms with Crippen molar-refractivity contribution in [2.75, 3.05) is 58.4 Å². The molecule has 0 spiro atoms. The number of aliphatic hydroxyl groups excluding tert-OH is 1. The number of carbonyl (C=O) groups excluding carboxylic acids is 2. The van der Waals surface area contributed by atoms with Gasteiger partial charge in [-0.2, -0.15) is 0 Å². The highest BCUT2D eigenvalue weighted by molar-refractivity contribution is 7.94. The summed E-state index contributed by atoms with van der Waals surface area (Å²) in [4.78, 5) is 25.7. The van der Waals surface area contributed by atoms with E-state index in [-0.39, 0.29) is 24.0 Å². The summed E-state index contributed by atoms with van der Waals surface area (Å²) in [5.41, 5.74) is 4.56. The van der Waals surface area contributed by atoms with Gasteiger partial charge in [0, 0.05) is 76.9 Å². The fraction of sp³-hybridized carbons (Fsp3) is 0.600. The number of anilines is 1. The number of aryl methyl sites for hydroxylation is 1. The summed E-state index contributed by atoms with van der Waals surface area (Å²) >= 11 is 7.66. The van der Waals surface area contributed by atoms with Crippen LogP contribution in [0.5, 0.6) is 5.75 Å². The number of piperidine rings is 1. The lowest BCUT2D eigenvalue weighted by Gasteiger charge is -2.43. The summed E-state index contributed by atoms with van der Waals surface area (Å²) in [7, 11) is 3.63. The van der Waals surface area contributed by atoms with Gasteiger partial charge in [0.05, 0.1) is 24.5 Å². The average Bonchev–Trinajstić information content (AvgIpc) is 3.31. The maximum Gasteiger partial charge on any atom is 0.293 e. The SMILES string of the molecule is CCCc1cc(Cl)ccc1C1COc2ccc(C(C)O)cc2N(CC2CCC2C(/C=C/CCN(C)C(C)=O)OC)C1.NSN1CCC(OC=O)CC1. The molecule has 2 aromatic carbocycles. The Balaban J connectivity index is 0.000000470. The normalized spacial score (nSPS) is 21.8. The molecule has 0 aromatic heterocycles. The second kappa shape index (κ2) is 21.2. The maximum absolute atomic E-state index is 11.5. The average molecular weight is 759 g/mol. The Morgan fingerprint density at radius 2 is 1.96 bits per heavy atom. The lowest BCUT2D eigenvalue weighted by Crippen LogP contribution is -2.44. The second-order valence-electron chi connectivity index (χ2n) is 14.2. The molecule has 5 unspecified atom stereocenters. The number of halogens is 1. The highest BCUT2D eigenvalue weighted by atomic mass is 35.5. The minimum atomic E-state index is -0.546. The van der Waals surface area contributed by atoms with E-state index in [1.165, 1.54) is 23.3 Å². The van der Waals surface area contributed by atoms with Crippen LogP contribution in [0.3, 0.4) is 0 Å². The molecule has 3 N–H and O–H groups in total. The molecule has 0 radical (unpaired) electrons. The van der Waals surface area contributed by atoms with E-state index in [1.807, 2.05) is 32.2 Å². The lowest BCUT2D eigenvalue weighted by atomic mass is 9.70. The third-order valence-electron chi connectivity index (χ3n) is 10.7. The molecule has 2 aliphatic heterocycles. The van der Waals surface area contributed by atoms with Crippen molar-refractivity contribution < 1.29 is 28.9 Å². The number of amides is 1. The topological polar surface area (TPSA) is 118 Å². The molecule has 2 heterocycles. The Bertz CT molecular complexity index is 1460. The van der Waals surface area contributed by atoms with Crippen molar-refractivity contribution in [2.24, 2.45) is 17.0 Å². The standard InChI is InChI=1S/C34H47ClN2O4.C6H12N2O2S/c1-6-9-26-18-29(35)13-15-30(26)28-21-37(32-19-25(23(2)38)12-16-34(32)41-22-28)20-27-11-14-31(27)33(40-5)10-7-8-17-36(4)24(3)39;7-11-8-3-1-6(2-4-8)10-5-9/h7,10,12-13,15-16,18-19,23,27-28,31,33,38H,6,8-9,11,14,17,20-22H2,1-5H3;5-6H,1-4,7H2/b10-7+;. The molecule has 1 aliphatic carbocycles. The summed E-state index contributed by atoms with van der Waals surface area (Å²) in [5.74, 6) is 2.06. The van der Waals surface area contributed by atoms with Gasteiger partial charge in [0.25, 0.3) is 6.47 Å². The van der Waals surface area contributed by atoms with E-state index >= 15 is 0 Å². The Morgan fingerprint density at radius 1 is 1.19 bits per heavy atom. The number of nitrogens with zero attached hydrogens (tertiary/aromatic N) is 3. The van der Waals surface area contributed by atoms with Crippen LogP contribution in [0.15, 0.2) is 48.6 Å². The molecule has 52 heavy (non-hydrogen) atoms. The Morgan fingerprint density at radius 3 is 2.58 bits per heavy atom. The number of fused-ring (bicyclic) bond motifs is 1. The van der Waals surface area contributed by atoms with Crippen LogP contribution in [0.4, 0.5) is 5.69 Å². The molecule has 12 heteroatoms. The predicted molar refractivity (Wildman–Crippen MR) is 211 cm³/mol. The first-order valence-corrected chi connectivity index (χ1v) is 19.9. The van der Waals surface area contributed by atoms with Gasteiger partial charge in [-0.15, -0.1) is 0 Å². The molecule has 0 bridgehead atoms. The van der Waals surface area contributed by atoms with Gasteiger partial charge < -0.3 is 29.1 Å². The van der Waals surface area contributed by atoms with Crippen molar-refractivity contribution >= 4 is 41.8 Å². The molecule has 3 aliphatic rings. The maximum atomic E-state index is 11.5. The van der Waals surface area contributed by atoms with Crippen LogP contribution in [0.25, 0.3) is 0 Å². The van der Waals surface area contributed by atoms with Crippen LogP contribution in [0.2, 0.25) is 5.02 Å². The van der Waals surface area contributed by atoms with E-state index in [0.29, 0.717) is 31.5 Å². The van der Waals surface area contributed by atoms with Crippen molar-refractivity contribution in [3.63, 3.8) is 0 Å². The van der Waals surface area contributed by atoms with Crippen molar-refractivity contribution in [3.8, 4) is 5.75 Å². The van der Waals surface area contributed by atoms with Gasteiger partial charge in [-0.25, -0.2) is 4.31 Å². The molecule has 5 rings (SSSR count). The zero-order valence-electron chi connectivity index (χ0n) is 31.5. The van der Waals surface area contributed by atoms with E-state index in [9.17, 15) is 14.7 Å². The van der Waals surface area contributed by atoms with Gasteiger partial charge in [-0.05, 0) is 98.2 Å². The molecule has 1 saturated heterocycles. The summed E-state index contributed by atoms with van der Waals surface area (Å²) < 4.78 is 19.3. The van der Waals surface area contributed by atoms with Crippen LogP contribution in [-0.4, -0.2) is 92.4 Å². The molecule has 10 nitrogen and oxygen atoms in total. The van der Waals surface area contributed by atoms with Crippen molar-refractivity contribution in [2.45, 2.75) is 89.9 Å². The number of benzene rings is 2. The minimum Gasteiger partial charge on any atom is -0.491 e. The van der Waals surface area contributed by atoms with E-state index in [2.05, 4.69) is 46.5 Å². The predicted octanol–water partition coefficient (Wildman–Crippen LogP) is 6.94. The first-order valence-electron chi connectivity index (χ1n) is 18.7. The largest absolute Gasteiger partial charge is 0.491 e. The first-order chi connectivity index (χ1) is 25.1. The number of aliphatic hydroxyl groups is 1. The van der Waals surface area contributed by atoms with Crippen LogP contribution >= 0.6 is 23.7 Å². The number of rotatable bonds is 15. The van der Waals surface area contributed by atoms with Crippen LogP contribution in [-0.2, 0) is 25.5 Å². The fourth-order valence-electron chi connectivity index (χ4n) is 7.33. The summed E-state index contributed by atoms with van der Waals surface area (Å²) in [6.45, 7) is 11.0. The molecule has 1 amide bonds. The van der Waals surface area contributed by atoms with Gasteiger partial charge in [0.15, 0.2) is 0 Å². The Hall–Kier alpha value is -2.80. The minimum absolute atomic E-state index is 0.0473. The van der Waals surface area contributed by atoms with E-state index in [4.69, 9.17) is 31.0 Å². The summed E-state index contributed by atoms with van der Waals surface area (Å²) in [5, 5.41) is 16.5. The smallest absolute Gasteiger partial charge is 0.293 e. The van der Waals surface area contributed by atoms with Crippen LogP contribution in [0, 0.1) is 11.8 Å². The highest BCUT2D eigenvalue weighted by Crippen LogP contribution is 2.43. The lowest BCUT2D eigenvalue weighted by molar-refractivity contribution is -0.135. The zero-order chi connectivity index (χ0) is 37.6. The number of carbonyl (C=O) groups is 2. The molecular weight excluding hydrogens is 700 g/mol. The third-order valence-corrected chi connectivity index (χ3v) is 11.6. The third kappa shape index (κ3) is 11.9. The van der Waals surface area contributed by atoms with Gasteiger partial charge in [-0.3, -0.25) is 14.7 Å². The molecule has 2 fully saturated rings. The molecular formula is C40H59ClN4O6S. The number of ether oxygens (including phenoxy) is 3. The quantitative estimate of drug-likeness (QED) is 0.112. The summed E-state index contributed by atoms with van der Waals surface area (Å²) in [6, 6.07) is 12.4.